The van der Waals surface area contributed by atoms with E-state index in [4.69, 9.17) is 5.73 Å². The lowest BCUT2D eigenvalue weighted by Crippen LogP contribution is -2.17. The predicted molar refractivity (Wildman–Crippen MR) is 60.1 cm³/mol. The Morgan fingerprint density at radius 3 is 2.28 bits per heavy atom. The zero-order valence-electron chi connectivity index (χ0n) is 9.43. The second kappa shape index (κ2) is 4.25. The third-order valence-corrected chi connectivity index (χ3v) is 2.59. The van der Waals surface area contributed by atoms with E-state index in [-0.39, 0.29) is 11.4 Å². The summed E-state index contributed by atoms with van der Waals surface area (Å²) in [6.45, 7) is 1.76. The van der Waals surface area contributed by atoms with E-state index in [0.29, 0.717) is 12.1 Å². The number of benzene rings is 1. The van der Waals surface area contributed by atoms with Crippen LogP contribution in [0, 0.1) is 17.5 Å². The van der Waals surface area contributed by atoms with Gasteiger partial charge in [-0.25, -0.2) is 17.9 Å². The number of halogens is 3. The summed E-state index contributed by atoms with van der Waals surface area (Å²) in [4.78, 5) is 11.7. The van der Waals surface area contributed by atoms with E-state index >= 15 is 0 Å². The minimum absolute atomic E-state index is 0.0253. The van der Waals surface area contributed by atoms with Crippen LogP contribution in [0.4, 0.5) is 18.9 Å². The van der Waals surface area contributed by atoms with Gasteiger partial charge in [-0.05, 0) is 6.42 Å². The first-order chi connectivity index (χ1) is 8.45. The molecular formula is C11H10F3N3O. The summed E-state index contributed by atoms with van der Waals surface area (Å²) in [5.74, 6) is -4.33. The van der Waals surface area contributed by atoms with Crippen molar-refractivity contribution in [2.45, 2.75) is 13.3 Å². The lowest BCUT2D eigenvalue weighted by molar-refractivity contribution is 0.445. The highest BCUT2D eigenvalue weighted by atomic mass is 19.2. The minimum Gasteiger partial charge on any atom is -0.393 e. The summed E-state index contributed by atoms with van der Waals surface area (Å²) in [6, 6.07) is 1.43. The van der Waals surface area contributed by atoms with Crippen molar-refractivity contribution in [1.29, 1.82) is 0 Å². The van der Waals surface area contributed by atoms with Crippen molar-refractivity contribution < 1.29 is 13.2 Å². The fourth-order valence-corrected chi connectivity index (χ4v) is 1.62. The Labute approximate surface area is 99.8 Å². The van der Waals surface area contributed by atoms with Crippen LogP contribution in [-0.2, 0) is 6.42 Å². The number of anilines is 1. The topological polar surface area (TPSA) is 63.8 Å². The van der Waals surface area contributed by atoms with Gasteiger partial charge in [0, 0.05) is 12.1 Å². The molecule has 3 N–H and O–H groups in total. The summed E-state index contributed by atoms with van der Waals surface area (Å²) in [6.07, 6.45) is 0.459. The fraction of sp³-hybridized carbons (Fsp3) is 0.182. The molecule has 4 nitrogen and oxygen atoms in total. The van der Waals surface area contributed by atoms with Crippen LogP contribution in [0.3, 0.4) is 0 Å². The number of aromatic amines is 1. The van der Waals surface area contributed by atoms with E-state index < -0.39 is 23.0 Å². The van der Waals surface area contributed by atoms with Gasteiger partial charge < -0.3 is 5.73 Å². The van der Waals surface area contributed by atoms with E-state index in [2.05, 4.69) is 5.10 Å². The third-order valence-electron chi connectivity index (χ3n) is 2.59. The zero-order chi connectivity index (χ0) is 13.4. The molecule has 1 aromatic carbocycles. The van der Waals surface area contributed by atoms with Crippen molar-refractivity contribution >= 4 is 5.69 Å². The molecule has 1 heterocycles. The van der Waals surface area contributed by atoms with Gasteiger partial charge in [-0.1, -0.05) is 6.92 Å². The summed E-state index contributed by atoms with van der Waals surface area (Å²) in [5.41, 5.74) is 5.18. The first kappa shape index (κ1) is 12.3. The first-order valence-electron chi connectivity index (χ1n) is 5.20. The highest BCUT2D eigenvalue weighted by Crippen LogP contribution is 2.16. The second-order valence-corrected chi connectivity index (χ2v) is 3.72. The van der Waals surface area contributed by atoms with E-state index in [9.17, 15) is 18.0 Å². The van der Waals surface area contributed by atoms with Crippen molar-refractivity contribution in [2.24, 2.45) is 0 Å². The first-order valence-corrected chi connectivity index (χ1v) is 5.20. The molecule has 1 aromatic heterocycles. The smallest absolute Gasteiger partial charge is 0.294 e. The van der Waals surface area contributed by atoms with Crippen molar-refractivity contribution in [2.75, 3.05) is 5.73 Å². The maximum atomic E-state index is 13.1. The molecule has 0 spiro atoms. The van der Waals surface area contributed by atoms with E-state index in [1.807, 2.05) is 0 Å². The molecule has 0 bridgehead atoms. The Bertz CT molecular complexity index is 637. The average molecular weight is 257 g/mol. The lowest BCUT2D eigenvalue weighted by Gasteiger charge is -2.03. The molecule has 0 aliphatic heterocycles. The monoisotopic (exact) mass is 257 g/mol. The van der Waals surface area contributed by atoms with Crippen molar-refractivity contribution in [3.05, 3.63) is 45.6 Å². The number of nitrogen functional groups attached to an aromatic ring is 1. The highest BCUT2D eigenvalue weighted by molar-refractivity contribution is 5.44. The number of hydrogen-bond donors (Lipinski definition) is 2. The fourth-order valence-electron chi connectivity index (χ4n) is 1.62. The molecule has 0 saturated heterocycles. The number of H-pyrrole nitrogens is 1. The lowest BCUT2D eigenvalue weighted by atomic mass is 10.3. The summed E-state index contributed by atoms with van der Waals surface area (Å²) < 4.78 is 39.8. The number of hydrogen-bond acceptors (Lipinski definition) is 2. The van der Waals surface area contributed by atoms with Crippen LogP contribution in [0.25, 0.3) is 5.69 Å². The number of nitrogens with two attached hydrogens (primary N) is 1. The molecule has 2 rings (SSSR count). The van der Waals surface area contributed by atoms with Gasteiger partial charge in [0.05, 0.1) is 11.4 Å². The number of nitrogens with one attached hydrogen (secondary N) is 1. The molecule has 0 amide bonds. The number of rotatable bonds is 2. The molecular weight excluding hydrogens is 247 g/mol. The standard InChI is InChI=1S/C11H10F3N3O/c1-2-8-10(15)11(18)17(16-8)5-3-6(12)9(14)7(13)4-5/h3-4,16H,2,15H2,1H3. The molecule has 7 heteroatoms. The van der Waals surface area contributed by atoms with Crippen LogP contribution in [-0.4, -0.2) is 9.78 Å². The Kier molecular flexibility index (Phi) is 2.90. The van der Waals surface area contributed by atoms with Crippen molar-refractivity contribution in [1.82, 2.24) is 9.78 Å². The maximum absolute atomic E-state index is 13.1. The van der Waals surface area contributed by atoms with E-state index in [1.165, 1.54) is 0 Å². The Morgan fingerprint density at radius 1 is 1.28 bits per heavy atom. The molecule has 0 atom stereocenters. The molecule has 0 radical (unpaired) electrons. The number of aryl methyl sites for hydroxylation is 1. The predicted octanol–water partition coefficient (Wildman–Crippen LogP) is 1.73. The molecule has 0 aliphatic rings. The zero-order valence-corrected chi connectivity index (χ0v) is 9.43. The summed E-state index contributed by atoms with van der Waals surface area (Å²) in [7, 11) is 0. The molecule has 0 unspecified atom stereocenters. The Hall–Kier alpha value is -2.18. The molecule has 0 saturated carbocycles. The minimum atomic E-state index is -1.58. The Balaban J connectivity index is 2.66. The van der Waals surface area contributed by atoms with Crippen LogP contribution in [0.5, 0.6) is 0 Å². The Morgan fingerprint density at radius 2 is 1.83 bits per heavy atom. The SMILES string of the molecule is CCc1[nH]n(-c2cc(F)c(F)c(F)c2)c(=O)c1N. The van der Waals surface area contributed by atoms with Gasteiger partial charge in [-0.2, -0.15) is 0 Å². The van der Waals surface area contributed by atoms with Crippen LogP contribution < -0.4 is 11.3 Å². The number of nitrogens with zero attached hydrogens (tertiary/aromatic N) is 1. The van der Waals surface area contributed by atoms with Crippen molar-refractivity contribution in [3.8, 4) is 5.69 Å². The van der Waals surface area contributed by atoms with Gasteiger partial charge >= 0.3 is 0 Å². The summed E-state index contributed by atoms with van der Waals surface area (Å²) >= 11 is 0. The molecule has 18 heavy (non-hydrogen) atoms. The van der Waals surface area contributed by atoms with Gasteiger partial charge in [-0.15, -0.1) is 0 Å². The molecule has 0 aliphatic carbocycles. The quantitative estimate of drug-likeness (QED) is 0.805. The van der Waals surface area contributed by atoms with Gasteiger partial charge in [0.25, 0.3) is 5.56 Å². The largest absolute Gasteiger partial charge is 0.393 e. The maximum Gasteiger partial charge on any atom is 0.294 e. The van der Waals surface area contributed by atoms with E-state index in [0.717, 1.165) is 16.8 Å². The van der Waals surface area contributed by atoms with Crippen LogP contribution in [0.1, 0.15) is 12.6 Å². The highest BCUT2D eigenvalue weighted by Gasteiger charge is 2.15. The second-order valence-electron chi connectivity index (χ2n) is 3.72. The average Bonchev–Trinajstić information content (AvgIpc) is 2.62. The van der Waals surface area contributed by atoms with Crippen molar-refractivity contribution in [3.63, 3.8) is 0 Å². The molecule has 0 fully saturated rings. The van der Waals surface area contributed by atoms with Gasteiger partial charge in [0.15, 0.2) is 17.5 Å². The third kappa shape index (κ3) is 1.77. The normalized spacial score (nSPS) is 10.9. The number of aromatic nitrogens is 2. The summed E-state index contributed by atoms with van der Waals surface area (Å²) in [5, 5.41) is 2.61. The van der Waals surface area contributed by atoms with Crippen LogP contribution >= 0.6 is 0 Å². The van der Waals surface area contributed by atoms with Gasteiger partial charge in [0.1, 0.15) is 5.69 Å². The van der Waals surface area contributed by atoms with Gasteiger partial charge in [-0.3, -0.25) is 9.89 Å². The molecule has 2 aromatic rings. The molecule has 96 valence electrons. The van der Waals surface area contributed by atoms with Crippen LogP contribution in [0.2, 0.25) is 0 Å². The van der Waals surface area contributed by atoms with E-state index in [1.54, 1.807) is 6.92 Å². The van der Waals surface area contributed by atoms with Gasteiger partial charge in [0.2, 0.25) is 0 Å². The van der Waals surface area contributed by atoms with Crippen LogP contribution in [0.15, 0.2) is 16.9 Å².